The first-order chi connectivity index (χ1) is 9.79. The Morgan fingerprint density at radius 3 is 2.29 bits per heavy atom. The lowest BCUT2D eigenvalue weighted by molar-refractivity contribution is 0.00578. The van der Waals surface area contributed by atoms with Crippen molar-refractivity contribution in [3.8, 4) is 0 Å². The Morgan fingerprint density at radius 1 is 1.19 bits per heavy atom. The van der Waals surface area contributed by atoms with E-state index in [1.807, 2.05) is 52.0 Å². The van der Waals surface area contributed by atoms with Gasteiger partial charge in [0.15, 0.2) is 0 Å². The number of benzene rings is 1. The fraction of sp³-hybridized carbons (Fsp3) is 0.438. The normalized spacial score (nSPS) is 20.6. The largest absolute Gasteiger partial charge is 0.491 e. The molecule has 1 aromatic rings. The van der Waals surface area contributed by atoms with Crippen molar-refractivity contribution < 1.29 is 14.1 Å². The van der Waals surface area contributed by atoms with E-state index in [9.17, 15) is 4.79 Å². The highest BCUT2D eigenvalue weighted by Gasteiger charge is 2.52. The van der Waals surface area contributed by atoms with Gasteiger partial charge in [0.2, 0.25) is 0 Å². The van der Waals surface area contributed by atoms with Crippen molar-refractivity contribution >= 4 is 32.1 Å². The van der Waals surface area contributed by atoms with E-state index in [0.29, 0.717) is 11.3 Å². The predicted octanol–water partition coefficient (Wildman–Crippen LogP) is 3.44. The van der Waals surface area contributed by atoms with Gasteiger partial charge in [0.05, 0.1) is 11.2 Å². The standard InChI is InChI=1S/C16H21BO3S/c1-15(2)16(3,4)20-17(19-15)14(11-21)9-12-6-5-7-13(8-12)10-18/h5-10,21H,11H2,1-4H3. The highest BCUT2D eigenvalue weighted by molar-refractivity contribution is 7.80. The van der Waals surface area contributed by atoms with Gasteiger partial charge in [0.25, 0.3) is 0 Å². The van der Waals surface area contributed by atoms with Crippen molar-refractivity contribution in [1.82, 2.24) is 0 Å². The van der Waals surface area contributed by atoms with E-state index < -0.39 is 7.12 Å². The zero-order chi connectivity index (χ0) is 15.7. The summed E-state index contributed by atoms with van der Waals surface area (Å²) >= 11 is 4.39. The van der Waals surface area contributed by atoms with Crippen LogP contribution in [0.25, 0.3) is 6.08 Å². The van der Waals surface area contributed by atoms with Crippen molar-refractivity contribution in [3.05, 3.63) is 40.9 Å². The lowest BCUT2D eigenvalue weighted by atomic mass is 9.78. The van der Waals surface area contributed by atoms with E-state index in [-0.39, 0.29) is 11.2 Å². The van der Waals surface area contributed by atoms with Crippen molar-refractivity contribution in [2.24, 2.45) is 0 Å². The minimum Gasteiger partial charge on any atom is -0.400 e. The fourth-order valence-corrected chi connectivity index (χ4v) is 2.36. The van der Waals surface area contributed by atoms with Crippen LogP contribution in [0.5, 0.6) is 0 Å². The molecule has 0 aromatic heterocycles. The van der Waals surface area contributed by atoms with Crippen molar-refractivity contribution in [2.45, 2.75) is 38.9 Å². The van der Waals surface area contributed by atoms with Gasteiger partial charge >= 0.3 is 7.12 Å². The molecule has 0 saturated carbocycles. The van der Waals surface area contributed by atoms with Gasteiger partial charge in [0.1, 0.15) is 6.29 Å². The second-order valence-electron chi connectivity index (χ2n) is 6.25. The quantitative estimate of drug-likeness (QED) is 0.526. The fourth-order valence-electron chi connectivity index (χ4n) is 2.12. The van der Waals surface area contributed by atoms with Crippen LogP contribution in [0.4, 0.5) is 0 Å². The predicted molar refractivity (Wildman–Crippen MR) is 89.7 cm³/mol. The molecule has 5 heteroatoms. The lowest BCUT2D eigenvalue weighted by Gasteiger charge is -2.32. The number of hydrogen-bond acceptors (Lipinski definition) is 4. The summed E-state index contributed by atoms with van der Waals surface area (Å²) < 4.78 is 12.1. The van der Waals surface area contributed by atoms with Gasteiger partial charge < -0.3 is 9.31 Å². The Balaban J connectivity index is 2.28. The number of rotatable bonds is 4. The molecule has 1 heterocycles. The first kappa shape index (κ1) is 16.3. The second-order valence-corrected chi connectivity index (χ2v) is 6.57. The second kappa shape index (κ2) is 5.99. The van der Waals surface area contributed by atoms with Crippen LogP contribution in [-0.4, -0.2) is 30.4 Å². The molecule has 1 aromatic carbocycles. The molecule has 1 aliphatic heterocycles. The van der Waals surface area contributed by atoms with E-state index in [2.05, 4.69) is 12.6 Å². The maximum Gasteiger partial charge on any atom is 0.491 e. The number of carbonyl (C=O) groups excluding carboxylic acids is 1. The molecule has 0 atom stereocenters. The zero-order valence-electron chi connectivity index (χ0n) is 12.9. The highest BCUT2D eigenvalue weighted by Crippen LogP contribution is 2.39. The first-order valence-electron chi connectivity index (χ1n) is 7.01. The maximum atomic E-state index is 10.9. The Kier molecular flexibility index (Phi) is 4.66. The molecule has 1 fully saturated rings. The van der Waals surface area contributed by atoms with Crippen molar-refractivity contribution in [2.75, 3.05) is 5.75 Å². The van der Waals surface area contributed by atoms with Crippen LogP contribution < -0.4 is 0 Å². The molecule has 112 valence electrons. The average Bonchev–Trinajstić information content (AvgIpc) is 2.65. The van der Waals surface area contributed by atoms with Gasteiger partial charge in [-0.2, -0.15) is 12.6 Å². The molecule has 3 nitrogen and oxygen atoms in total. The SMILES string of the molecule is CC1(C)OB(C(=Cc2cccc(C=O)c2)CS)OC1(C)C. The molecular formula is C16H21BO3S. The van der Waals surface area contributed by atoms with Crippen LogP contribution in [-0.2, 0) is 9.31 Å². The Morgan fingerprint density at radius 2 is 1.76 bits per heavy atom. The summed E-state index contributed by atoms with van der Waals surface area (Å²) in [6.45, 7) is 8.10. The minimum absolute atomic E-state index is 0.371. The van der Waals surface area contributed by atoms with Gasteiger partial charge in [-0.15, -0.1) is 0 Å². The molecule has 0 unspecified atom stereocenters. The molecule has 0 radical (unpaired) electrons. The van der Waals surface area contributed by atoms with Gasteiger partial charge in [0, 0.05) is 11.3 Å². The molecule has 0 bridgehead atoms. The summed E-state index contributed by atoms with van der Waals surface area (Å²) in [5.74, 6) is 0.530. The molecule has 2 rings (SSSR count). The molecule has 1 aliphatic rings. The summed E-state index contributed by atoms with van der Waals surface area (Å²) in [5.41, 5.74) is 1.80. The molecule has 0 aliphatic carbocycles. The third kappa shape index (κ3) is 3.42. The van der Waals surface area contributed by atoms with Crippen LogP contribution in [0.1, 0.15) is 43.6 Å². The average molecular weight is 304 g/mol. The van der Waals surface area contributed by atoms with Crippen molar-refractivity contribution in [1.29, 1.82) is 0 Å². The van der Waals surface area contributed by atoms with Gasteiger partial charge in [-0.25, -0.2) is 0 Å². The third-order valence-corrected chi connectivity index (χ3v) is 4.50. The minimum atomic E-state index is -0.410. The van der Waals surface area contributed by atoms with E-state index in [1.165, 1.54) is 0 Å². The smallest absolute Gasteiger partial charge is 0.400 e. The Bertz CT molecular complexity index is 550. The topological polar surface area (TPSA) is 35.5 Å². The summed E-state index contributed by atoms with van der Waals surface area (Å²) in [5, 5.41) is 0. The van der Waals surface area contributed by atoms with Crippen LogP contribution in [0, 0.1) is 0 Å². The van der Waals surface area contributed by atoms with Crippen LogP contribution in [0.2, 0.25) is 0 Å². The molecule has 0 N–H and O–H groups in total. The van der Waals surface area contributed by atoms with Crippen molar-refractivity contribution in [3.63, 3.8) is 0 Å². The maximum absolute atomic E-state index is 10.9. The van der Waals surface area contributed by atoms with Gasteiger partial charge in [-0.1, -0.05) is 24.3 Å². The first-order valence-corrected chi connectivity index (χ1v) is 7.64. The van der Waals surface area contributed by atoms with E-state index in [0.717, 1.165) is 17.3 Å². The van der Waals surface area contributed by atoms with Crippen LogP contribution in [0.15, 0.2) is 29.7 Å². The Labute approximate surface area is 132 Å². The van der Waals surface area contributed by atoms with E-state index in [1.54, 1.807) is 6.07 Å². The number of carbonyl (C=O) groups is 1. The van der Waals surface area contributed by atoms with Crippen LogP contribution >= 0.6 is 12.6 Å². The summed E-state index contributed by atoms with van der Waals surface area (Å²) in [4.78, 5) is 10.9. The zero-order valence-corrected chi connectivity index (χ0v) is 13.8. The highest BCUT2D eigenvalue weighted by atomic mass is 32.1. The lowest BCUT2D eigenvalue weighted by Crippen LogP contribution is -2.41. The van der Waals surface area contributed by atoms with E-state index in [4.69, 9.17) is 9.31 Å². The van der Waals surface area contributed by atoms with Gasteiger partial charge in [-0.05, 0) is 44.8 Å². The number of aldehydes is 1. The molecular weight excluding hydrogens is 283 g/mol. The Hall–Kier alpha value is -1.04. The summed E-state index contributed by atoms with van der Waals surface area (Å²) in [7, 11) is -0.410. The molecule has 0 spiro atoms. The van der Waals surface area contributed by atoms with Crippen LogP contribution in [0.3, 0.4) is 0 Å². The van der Waals surface area contributed by atoms with E-state index >= 15 is 0 Å². The number of hydrogen-bond donors (Lipinski definition) is 1. The molecule has 0 amide bonds. The van der Waals surface area contributed by atoms with Gasteiger partial charge in [-0.3, -0.25) is 4.79 Å². The summed E-state index contributed by atoms with van der Waals surface area (Å²) in [6, 6.07) is 7.42. The number of thiol groups is 1. The molecule has 1 saturated heterocycles. The third-order valence-electron chi connectivity index (χ3n) is 4.14. The molecule has 21 heavy (non-hydrogen) atoms. The summed E-state index contributed by atoms with van der Waals surface area (Å²) in [6.07, 6.45) is 2.81. The monoisotopic (exact) mass is 304 g/mol.